The van der Waals surface area contributed by atoms with Gasteiger partial charge in [-0.05, 0) is 12.8 Å². The van der Waals surface area contributed by atoms with E-state index in [9.17, 15) is 4.79 Å². The lowest BCUT2D eigenvalue weighted by atomic mass is 10.0. The van der Waals surface area contributed by atoms with Crippen LogP contribution >= 0.6 is 0 Å². The minimum absolute atomic E-state index is 0.0342. The zero-order valence-electron chi connectivity index (χ0n) is 15.2. The lowest BCUT2D eigenvalue weighted by molar-refractivity contribution is -0.169. The molecule has 0 unspecified atom stereocenters. The topological polar surface area (TPSA) is 67.8 Å². The van der Waals surface area contributed by atoms with Gasteiger partial charge in [0.15, 0.2) is 5.79 Å². The van der Waals surface area contributed by atoms with Gasteiger partial charge in [0.2, 0.25) is 0 Å². The van der Waals surface area contributed by atoms with Crippen molar-refractivity contribution in [1.29, 1.82) is 0 Å². The van der Waals surface area contributed by atoms with E-state index in [1.54, 1.807) is 12.4 Å². The molecule has 0 aromatic carbocycles. The van der Waals surface area contributed by atoms with Gasteiger partial charge in [-0.2, -0.15) is 0 Å². The Morgan fingerprint density at radius 1 is 1.12 bits per heavy atom. The van der Waals surface area contributed by atoms with Crippen molar-refractivity contribution in [2.24, 2.45) is 0 Å². The molecule has 2 aliphatic rings. The Labute approximate surface area is 149 Å². The second-order valence-corrected chi connectivity index (χ2v) is 6.65. The molecule has 0 radical (unpaired) electrons. The maximum atomic E-state index is 12.6. The molecule has 2 saturated heterocycles. The number of anilines is 1. The van der Waals surface area contributed by atoms with Gasteiger partial charge in [-0.1, -0.05) is 13.8 Å². The van der Waals surface area contributed by atoms with Gasteiger partial charge in [-0.25, -0.2) is 9.97 Å². The van der Waals surface area contributed by atoms with Crippen molar-refractivity contribution in [3.05, 3.63) is 18.1 Å². The summed E-state index contributed by atoms with van der Waals surface area (Å²) >= 11 is 0. The molecule has 0 atom stereocenters. The lowest BCUT2D eigenvalue weighted by Crippen LogP contribution is -2.45. The Morgan fingerprint density at radius 2 is 1.76 bits per heavy atom. The van der Waals surface area contributed by atoms with E-state index in [1.807, 2.05) is 4.90 Å². The third-order valence-electron chi connectivity index (χ3n) is 4.79. The van der Waals surface area contributed by atoms with Crippen molar-refractivity contribution in [2.45, 2.75) is 45.3 Å². The van der Waals surface area contributed by atoms with Crippen LogP contribution in [0.4, 0.5) is 5.82 Å². The molecule has 2 aliphatic heterocycles. The molecule has 25 heavy (non-hydrogen) atoms. The molecule has 0 aliphatic carbocycles. The zero-order valence-corrected chi connectivity index (χ0v) is 15.2. The maximum Gasteiger partial charge on any atom is 0.274 e. The molecule has 7 heteroatoms. The summed E-state index contributed by atoms with van der Waals surface area (Å²) in [4.78, 5) is 25.4. The molecule has 1 aromatic heterocycles. The molecule has 7 nitrogen and oxygen atoms in total. The summed E-state index contributed by atoms with van der Waals surface area (Å²) in [7, 11) is 0. The van der Waals surface area contributed by atoms with Crippen LogP contribution in [0.25, 0.3) is 0 Å². The first-order chi connectivity index (χ1) is 12.2. The predicted octanol–water partition coefficient (Wildman–Crippen LogP) is 2.08. The fraction of sp³-hybridized carbons (Fsp3) is 0.722. The summed E-state index contributed by atoms with van der Waals surface area (Å²) < 4.78 is 11.5. The fourth-order valence-corrected chi connectivity index (χ4v) is 3.47. The first-order valence-electron chi connectivity index (χ1n) is 9.31. The molecular formula is C18H28N4O3. The van der Waals surface area contributed by atoms with Crippen LogP contribution in [0.15, 0.2) is 12.4 Å². The molecule has 1 spiro atoms. The van der Waals surface area contributed by atoms with Crippen molar-refractivity contribution in [2.75, 3.05) is 44.3 Å². The molecule has 3 heterocycles. The highest BCUT2D eigenvalue weighted by atomic mass is 16.7. The van der Waals surface area contributed by atoms with Crippen LogP contribution in [0.5, 0.6) is 0 Å². The SMILES string of the molecule is CCCN(CCC)C(=O)c1cnc(N2CCC3(CC2)OCCO3)cn1. The van der Waals surface area contributed by atoms with E-state index in [-0.39, 0.29) is 11.7 Å². The van der Waals surface area contributed by atoms with Crippen molar-refractivity contribution < 1.29 is 14.3 Å². The third-order valence-corrected chi connectivity index (χ3v) is 4.79. The van der Waals surface area contributed by atoms with Gasteiger partial charge in [-0.15, -0.1) is 0 Å². The number of amides is 1. The minimum atomic E-state index is -0.388. The normalized spacial score (nSPS) is 19.4. The minimum Gasteiger partial charge on any atom is -0.355 e. The predicted molar refractivity (Wildman–Crippen MR) is 94.6 cm³/mol. The highest BCUT2D eigenvalue weighted by Gasteiger charge is 2.40. The zero-order chi connectivity index (χ0) is 17.7. The standard InChI is InChI=1S/C18H28N4O3/c1-3-7-22(8-4-2)17(23)15-13-20-16(14-19-15)21-9-5-18(6-10-21)24-11-12-25-18/h13-14H,3-12H2,1-2H3. The number of carbonyl (C=O) groups is 1. The van der Waals surface area contributed by atoms with E-state index in [0.717, 1.165) is 57.7 Å². The van der Waals surface area contributed by atoms with Gasteiger partial charge in [-0.3, -0.25) is 4.79 Å². The molecule has 1 aromatic rings. The van der Waals surface area contributed by atoms with Crippen LogP contribution in [-0.4, -0.2) is 66.0 Å². The van der Waals surface area contributed by atoms with Gasteiger partial charge in [0.05, 0.1) is 25.6 Å². The molecule has 0 N–H and O–H groups in total. The van der Waals surface area contributed by atoms with Crippen LogP contribution in [-0.2, 0) is 9.47 Å². The number of aromatic nitrogens is 2. The molecular weight excluding hydrogens is 320 g/mol. The second kappa shape index (κ2) is 8.10. The number of rotatable bonds is 6. The third kappa shape index (κ3) is 4.10. The summed E-state index contributed by atoms with van der Waals surface area (Å²) in [5.41, 5.74) is 0.418. The first-order valence-corrected chi connectivity index (χ1v) is 9.31. The van der Waals surface area contributed by atoms with Crippen LogP contribution in [0.3, 0.4) is 0 Å². The summed E-state index contributed by atoms with van der Waals surface area (Å²) in [5.74, 6) is 0.385. The van der Waals surface area contributed by atoms with Gasteiger partial charge in [0.1, 0.15) is 11.5 Å². The number of nitrogens with zero attached hydrogens (tertiary/aromatic N) is 4. The van der Waals surface area contributed by atoms with Crippen molar-refractivity contribution >= 4 is 11.7 Å². The van der Waals surface area contributed by atoms with E-state index >= 15 is 0 Å². The molecule has 0 bridgehead atoms. The van der Waals surface area contributed by atoms with Crippen LogP contribution < -0.4 is 4.90 Å². The van der Waals surface area contributed by atoms with Crippen LogP contribution in [0.2, 0.25) is 0 Å². The number of ether oxygens (including phenoxy) is 2. The summed E-state index contributed by atoms with van der Waals surface area (Å²) in [6, 6.07) is 0. The number of hydrogen-bond acceptors (Lipinski definition) is 6. The summed E-state index contributed by atoms with van der Waals surface area (Å²) in [5, 5.41) is 0. The van der Waals surface area contributed by atoms with E-state index in [0.29, 0.717) is 18.9 Å². The number of piperidine rings is 1. The Hall–Kier alpha value is -1.73. The molecule has 0 saturated carbocycles. The fourth-order valence-electron chi connectivity index (χ4n) is 3.47. The Bertz CT molecular complexity index is 556. The Kier molecular flexibility index (Phi) is 5.86. The molecule has 1 amide bonds. The van der Waals surface area contributed by atoms with Crippen LogP contribution in [0.1, 0.15) is 50.0 Å². The van der Waals surface area contributed by atoms with Gasteiger partial charge < -0.3 is 19.3 Å². The van der Waals surface area contributed by atoms with E-state index in [4.69, 9.17) is 9.47 Å². The largest absolute Gasteiger partial charge is 0.355 e. The quantitative estimate of drug-likeness (QED) is 0.784. The van der Waals surface area contributed by atoms with Crippen molar-refractivity contribution in [1.82, 2.24) is 14.9 Å². The van der Waals surface area contributed by atoms with E-state index in [1.165, 1.54) is 0 Å². The van der Waals surface area contributed by atoms with E-state index in [2.05, 4.69) is 28.7 Å². The van der Waals surface area contributed by atoms with Gasteiger partial charge in [0, 0.05) is 39.0 Å². The molecule has 138 valence electrons. The lowest BCUT2D eigenvalue weighted by Gasteiger charge is -2.37. The molecule has 2 fully saturated rings. The highest BCUT2D eigenvalue weighted by Crippen LogP contribution is 2.32. The second-order valence-electron chi connectivity index (χ2n) is 6.65. The molecule has 3 rings (SSSR count). The number of carbonyl (C=O) groups excluding carboxylic acids is 1. The van der Waals surface area contributed by atoms with Crippen LogP contribution in [0, 0.1) is 0 Å². The summed E-state index contributed by atoms with van der Waals surface area (Å²) in [6.07, 6.45) is 6.85. The maximum absolute atomic E-state index is 12.6. The van der Waals surface area contributed by atoms with Crippen molar-refractivity contribution in [3.8, 4) is 0 Å². The average molecular weight is 348 g/mol. The van der Waals surface area contributed by atoms with Gasteiger partial charge >= 0.3 is 0 Å². The first kappa shape index (κ1) is 18.1. The highest BCUT2D eigenvalue weighted by molar-refractivity contribution is 5.92. The van der Waals surface area contributed by atoms with E-state index < -0.39 is 0 Å². The Morgan fingerprint density at radius 3 is 2.28 bits per heavy atom. The summed E-state index contributed by atoms with van der Waals surface area (Å²) in [6.45, 7) is 8.66. The Balaban J connectivity index is 1.61. The van der Waals surface area contributed by atoms with Gasteiger partial charge in [0.25, 0.3) is 5.91 Å². The smallest absolute Gasteiger partial charge is 0.274 e. The number of hydrogen-bond donors (Lipinski definition) is 0. The average Bonchev–Trinajstić information content (AvgIpc) is 3.10. The monoisotopic (exact) mass is 348 g/mol. The van der Waals surface area contributed by atoms with Crippen molar-refractivity contribution in [3.63, 3.8) is 0 Å².